The Morgan fingerprint density at radius 3 is 2.29 bits per heavy atom. The lowest BCUT2D eigenvalue weighted by Gasteiger charge is -2.18. The molecule has 17 heavy (non-hydrogen) atoms. The molecule has 1 heteroatoms. The maximum absolute atomic E-state index is 3.35. The smallest absolute Gasteiger partial charge is 0.0138 e. The molecule has 1 nitrogen and oxygen atoms in total. The lowest BCUT2D eigenvalue weighted by molar-refractivity contribution is 0.590. The SMILES string of the molecule is CCCNCC=Cc1ccc(C(C)(C)C)cc1. The van der Waals surface area contributed by atoms with Gasteiger partial charge in [0.1, 0.15) is 0 Å². The van der Waals surface area contributed by atoms with Crippen LogP contribution in [0.15, 0.2) is 30.3 Å². The third kappa shape index (κ3) is 5.18. The highest BCUT2D eigenvalue weighted by atomic mass is 14.8. The van der Waals surface area contributed by atoms with Crippen LogP contribution in [0.25, 0.3) is 6.08 Å². The Labute approximate surface area is 106 Å². The number of benzene rings is 1. The minimum Gasteiger partial charge on any atom is -0.313 e. The highest BCUT2D eigenvalue weighted by Crippen LogP contribution is 2.22. The van der Waals surface area contributed by atoms with E-state index in [1.165, 1.54) is 17.5 Å². The van der Waals surface area contributed by atoms with E-state index in [0.717, 1.165) is 13.1 Å². The third-order valence-electron chi connectivity index (χ3n) is 2.78. The molecule has 0 heterocycles. The van der Waals surface area contributed by atoms with E-state index < -0.39 is 0 Å². The second-order valence-electron chi connectivity index (χ2n) is 5.48. The zero-order valence-electron chi connectivity index (χ0n) is 11.6. The van der Waals surface area contributed by atoms with E-state index in [2.05, 4.69) is 69.4 Å². The van der Waals surface area contributed by atoms with Crippen LogP contribution >= 0.6 is 0 Å². The molecule has 0 aliphatic carbocycles. The maximum atomic E-state index is 3.35. The van der Waals surface area contributed by atoms with Gasteiger partial charge in [-0.3, -0.25) is 0 Å². The summed E-state index contributed by atoms with van der Waals surface area (Å²) in [4.78, 5) is 0. The molecule has 0 amide bonds. The minimum absolute atomic E-state index is 0.241. The molecule has 0 spiro atoms. The van der Waals surface area contributed by atoms with Crippen molar-refractivity contribution in [1.82, 2.24) is 5.32 Å². The molecule has 0 saturated carbocycles. The highest BCUT2D eigenvalue weighted by molar-refractivity contribution is 5.50. The average Bonchev–Trinajstić information content (AvgIpc) is 2.28. The van der Waals surface area contributed by atoms with Gasteiger partial charge in [-0.15, -0.1) is 0 Å². The summed E-state index contributed by atoms with van der Waals surface area (Å²) in [6.45, 7) is 11.0. The summed E-state index contributed by atoms with van der Waals surface area (Å²) >= 11 is 0. The fourth-order valence-electron chi connectivity index (χ4n) is 1.65. The summed E-state index contributed by atoms with van der Waals surface area (Å²) < 4.78 is 0. The molecule has 0 radical (unpaired) electrons. The fourth-order valence-corrected chi connectivity index (χ4v) is 1.65. The van der Waals surface area contributed by atoms with Crippen molar-refractivity contribution in [3.8, 4) is 0 Å². The van der Waals surface area contributed by atoms with Gasteiger partial charge < -0.3 is 5.32 Å². The van der Waals surface area contributed by atoms with Gasteiger partial charge in [0.25, 0.3) is 0 Å². The summed E-state index contributed by atoms with van der Waals surface area (Å²) in [5.41, 5.74) is 2.90. The van der Waals surface area contributed by atoms with Gasteiger partial charge in [0, 0.05) is 6.54 Å². The first-order chi connectivity index (χ1) is 8.04. The second-order valence-corrected chi connectivity index (χ2v) is 5.48. The van der Waals surface area contributed by atoms with Crippen LogP contribution in [0.4, 0.5) is 0 Å². The molecule has 1 rings (SSSR count). The lowest BCUT2D eigenvalue weighted by atomic mass is 9.87. The first-order valence-electron chi connectivity index (χ1n) is 6.52. The van der Waals surface area contributed by atoms with Crippen molar-refractivity contribution >= 4 is 6.08 Å². The van der Waals surface area contributed by atoms with Crippen molar-refractivity contribution < 1.29 is 0 Å². The summed E-state index contributed by atoms with van der Waals surface area (Å²) in [6, 6.07) is 8.83. The molecule has 0 saturated heterocycles. The number of nitrogens with one attached hydrogen (secondary N) is 1. The van der Waals surface area contributed by atoms with Crippen molar-refractivity contribution in [2.45, 2.75) is 39.5 Å². The van der Waals surface area contributed by atoms with Crippen LogP contribution in [-0.4, -0.2) is 13.1 Å². The standard InChI is InChI=1S/C16H25N/c1-5-12-17-13-6-7-14-8-10-15(11-9-14)16(2,3)4/h6-11,17H,5,12-13H2,1-4H3. The number of hydrogen-bond donors (Lipinski definition) is 1. The molecule has 94 valence electrons. The molecule has 0 aliphatic heterocycles. The van der Waals surface area contributed by atoms with Gasteiger partial charge in [0.05, 0.1) is 0 Å². The Morgan fingerprint density at radius 2 is 1.76 bits per heavy atom. The summed E-state index contributed by atoms with van der Waals surface area (Å²) in [5.74, 6) is 0. The molecule has 0 bridgehead atoms. The van der Waals surface area contributed by atoms with Crippen molar-refractivity contribution in [2.24, 2.45) is 0 Å². The van der Waals surface area contributed by atoms with Gasteiger partial charge in [-0.05, 0) is 29.5 Å². The molecule has 0 unspecified atom stereocenters. The largest absolute Gasteiger partial charge is 0.313 e. The van der Waals surface area contributed by atoms with Gasteiger partial charge >= 0.3 is 0 Å². The van der Waals surface area contributed by atoms with E-state index in [9.17, 15) is 0 Å². The quantitative estimate of drug-likeness (QED) is 0.755. The van der Waals surface area contributed by atoms with E-state index >= 15 is 0 Å². The summed E-state index contributed by atoms with van der Waals surface area (Å²) in [7, 11) is 0. The predicted octanol–water partition coefficient (Wildman–Crippen LogP) is 4.00. The number of hydrogen-bond acceptors (Lipinski definition) is 1. The van der Waals surface area contributed by atoms with Crippen LogP contribution in [0.3, 0.4) is 0 Å². The second kappa shape index (κ2) is 6.61. The Kier molecular flexibility index (Phi) is 5.43. The molecule has 1 aromatic rings. The Balaban J connectivity index is 2.51. The molecule has 0 aliphatic rings. The first kappa shape index (κ1) is 14.0. The molecule has 0 fully saturated rings. The first-order valence-corrected chi connectivity index (χ1v) is 6.52. The Bertz CT molecular complexity index is 341. The molecular weight excluding hydrogens is 206 g/mol. The summed E-state index contributed by atoms with van der Waals surface area (Å²) in [6.07, 6.45) is 5.55. The van der Waals surface area contributed by atoms with Crippen LogP contribution in [0, 0.1) is 0 Å². The van der Waals surface area contributed by atoms with E-state index in [4.69, 9.17) is 0 Å². The molecular formula is C16H25N. The van der Waals surface area contributed by atoms with Crippen LogP contribution in [0.1, 0.15) is 45.2 Å². The van der Waals surface area contributed by atoms with Crippen LogP contribution < -0.4 is 5.32 Å². The molecule has 1 N–H and O–H groups in total. The molecule has 0 aromatic heterocycles. The fraction of sp³-hybridized carbons (Fsp3) is 0.500. The lowest BCUT2D eigenvalue weighted by Crippen LogP contribution is -2.13. The van der Waals surface area contributed by atoms with Crippen LogP contribution in [0.2, 0.25) is 0 Å². The monoisotopic (exact) mass is 231 g/mol. The van der Waals surface area contributed by atoms with Crippen LogP contribution in [0.5, 0.6) is 0 Å². The predicted molar refractivity (Wildman–Crippen MR) is 77.3 cm³/mol. The summed E-state index contributed by atoms with van der Waals surface area (Å²) in [5, 5.41) is 3.35. The van der Waals surface area contributed by atoms with E-state index in [-0.39, 0.29) is 5.41 Å². The minimum atomic E-state index is 0.241. The normalized spacial score (nSPS) is 12.2. The van der Waals surface area contributed by atoms with E-state index in [1.54, 1.807) is 0 Å². The Morgan fingerprint density at radius 1 is 1.12 bits per heavy atom. The van der Waals surface area contributed by atoms with Crippen molar-refractivity contribution in [3.63, 3.8) is 0 Å². The van der Waals surface area contributed by atoms with Crippen molar-refractivity contribution in [3.05, 3.63) is 41.5 Å². The third-order valence-corrected chi connectivity index (χ3v) is 2.78. The van der Waals surface area contributed by atoms with Crippen molar-refractivity contribution in [2.75, 3.05) is 13.1 Å². The van der Waals surface area contributed by atoms with Gasteiger partial charge in [-0.2, -0.15) is 0 Å². The maximum Gasteiger partial charge on any atom is 0.0138 e. The van der Waals surface area contributed by atoms with E-state index in [1.807, 2.05) is 0 Å². The average molecular weight is 231 g/mol. The molecule has 0 atom stereocenters. The zero-order valence-corrected chi connectivity index (χ0v) is 11.6. The van der Waals surface area contributed by atoms with Gasteiger partial charge in [-0.25, -0.2) is 0 Å². The van der Waals surface area contributed by atoms with Crippen molar-refractivity contribution in [1.29, 1.82) is 0 Å². The van der Waals surface area contributed by atoms with Crippen LogP contribution in [-0.2, 0) is 5.41 Å². The Hall–Kier alpha value is -1.08. The van der Waals surface area contributed by atoms with Gasteiger partial charge in [-0.1, -0.05) is 64.1 Å². The highest BCUT2D eigenvalue weighted by Gasteiger charge is 2.12. The molecule has 1 aromatic carbocycles. The van der Waals surface area contributed by atoms with E-state index in [0.29, 0.717) is 0 Å². The zero-order chi connectivity index (χ0) is 12.7. The van der Waals surface area contributed by atoms with Gasteiger partial charge in [0.2, 0.25) is 0 Å². The topological polar surface area (TPSA) is 12.0 Å². The number of rotatable bonds is 5. The van der Waals surface area contributed by atoms with Gasteiger partial charge in [0.15, 0.2) is 0 Å².